The number of halogens is 1. The van der Waals surface area contributed by atoms with Crippen molar-refractivity contribution in [3.63, 3.8) is 0 Å². The Balaban J connectivity index is 2.04. The summed E-state index contributed by atoms with van der Waals surface area (Å²) < 4.78 is 24.9. The summed E-state index contributed by atoms with van der Waals surface area (Å²) in [6.07, 6.45) is 0. The van der Waals surface area contributed by atoms with Crippen molar-refractivity contribution in [3.05, 3.63) is 17.9 Å². The predicted molar refractivity (Wildman–Crippen MR) is 69.2 cm³/mol. The quantitative estimate of drug-likeness (QED) is 0.837. The third kappa shape index (κ3) is 1.91. The zero-order valence-electron chi connectivity index (χ0n) is 9.98. The van der Waals surface area contributed by atoms with Gasteiger partial charge in [-0.1, -0.05) is 11.3 Å². The minimum atomic E-state index is -0.371. The van der Waals surface area contributed by atoms with E-state index < -0.39 is 0 Å². The lowest BCUT2D eigenvalue weighted by Gasteiger charge is -2.25. The standard InChI is InChI=1S/C12H13FN2O2S/c1-16-11-8(13)2-3-9-10(11)14-12(18-9)15-4-6-17-7-5-15/h2-3H,4-7H2,1H3. The molecule has 3 rings (SSSR count). The van der Waals surface area contributed by atoms with Crippen molar-refractivity contribution in [1.82, 2.24) is 4.98 Å². The monoisotopic (exact) mass is 268 g/mol. The molecule has 0 spiro atoms. The molecule has 0 N–H and O–H groups in total. The van der Waals surface area contributed by atoms with Gasteiger partial charge < -0.3 is 14.4 Å². The molecule has 0 bridgehead atoms. The smallest absolute Gasteiger partial charge is 0.186 e. The Morgan fingerprint density at radius 1 is 1.39 bits per heavy atom. The first kappa shape index (κ1) is 11.7. The highest BCUT2D eigenvalue weighted by molar-refractivity contribution is 7.22. The fraction of sp³-hybridized carbons (Fsp3) is 0.417. The third-order valence-electron chi connectivity index (χ3n) is 2.94. The van der Waals surface area contributed by atoms with Crippen LogP contribution in [0.25, 0.3) is 10.2 Å². The second kappa shape index (κ2) is 4.70. The molecule has 1 aliphatic heterocycles. The minimum Gasteiger partial charge on any atom is -0.491 e. The number of ether oxygens (including phenoxy) is 2. The molecule has 1 aromatic carbocycles. The van der Waals surface area contributed by atoms with Crippen LogP contribution in [0.1, 0.15) is 0 Å². The number of thiazole rings is 1. The second-order valence-corrected chi connectivity index (χ2v) is 5.03. The van der Waals surface area contributed by atoms with Crippen molar-refractivity contribution < 1.29 is 13.9 Å². The molecule has 0 aliphatic carbocycles. The summed E-state index contributed by atoms with van der Waals surface area (Å²) in [5, 5.41) is 0.900. The second-order valence-electron chi connectivity index (χ2n) is 4.02. The van der Waals surface area contributed by atoms with E-state index in [4.69, 9.17) is 9.47 Å². The molecule has 0 amide bonds. The molecule has 0 radical (unpaired) electrons. The van der Waals surface area contributed by atoms with Crippen molar-refractivity contribution in [2.45, 2.75) is 0 Å². The summed E-state index contributed by atoms with van der Waals surface area (Å²) in [6, 6.07) is 3.16. The van der Waals surface area contributed by atoms with Gasteiger partial charge in [0.1, 0.15) is 5.52 Å². The van der Waals surface area contributed by atoms with Crippen LogP contribution >= 0.6 is 11.3 Å². The molecule has 1 saturated heterocycles. The fourth-order valence-electron chi connectivity index (χ4n) is 2.02. The average Bonchev–Trinajstić information content (AvgIpc) is 2.84. The van der Waals surface area contributed by atoms with Crippen LogP contribution in [0.4, 0.5) is 9.52 Å². The van der Waals surface area contributed by atoms with Crippen LogP contribution in [0.2, 0.25) is 0 Å². The first-order valence-corrected chi connectivity index (χ1v) is 6.57. The Morgan fingerprint density at radius 3 is 2.89 bits per heavy atom. The Kier molecular flexibility index (Phi) is 3.05. The minimum absolute atomic E-state index is 0.225. The number of hydrogen-bond donors (Lipinski definition) is 0. The molecule has 4 nitrogen and oxygen atoms in total. The molecule has 0 saturated carbocycles. The van der Waals surface area contributed by atoms with E-state index in [1.54, 1.807) is 17.4 Å². The number of aromatic nitrogens is 1. The Hall–Kier alpha value is -1.40. The van der Waals surface area contributed by atoms with Crippen LogP contribution in [-0.4, -0.2) is 38.4 Å². The maximum atomic E-state index is 13.6. The van der Waals surface area contributed by atoms with Crippen LogP contribution in [0.15, 0.2) is 12.1 Å². The molecule has 1 aliphatic rings. The average molecular weight is 268 g/mol. The van der Waals surface area contributed by atoms with E-state index in [9.17, 15) is 4.39 Å². The van der Waals surface area contributed by atoms with Crippen molar-refractivity contribution in [3.8, 4) is 5.75 Å². The van der Waals surface area contributed by atoms with Gasteiger partial charge in [0.25, 0.3) is 0 Å². The SMILES string of the molecule is COc1c(F)ccc2sc(N3CCOCC3)nc12. The molecule has 2 heterocycles. The highest BCUT2D eigenvalue weighted by Gasteiger charge is 2.18. The van der Waals surface area contributed by atoms with E-state index >= 15 is 0 Å². The summed E-state index contributed by atoms with van der Waals surface area (Å²) >= 11 is 1.55. The Labute approximate surface area is 108 Å². The summed E-state index contributed by atoms with van der Waals surface area (Å²) in [7, 11) is 1.46. The van der Waals surface area contributed by atoms with Crippen LogP contribution in [0, 0.1) is 5.82 Å². The van der Waals surface area contributed by atoms with Crippen molar-refractivity contribution in [2.75, 3.05) is 38.3 Å². The summed E-state index contributed by atoms with van der Waals surface area (Å²) in [5.74, 6) is -0.146. The molecule has 6 heteroatoms. The number of fused-ring (bicyclic) bond motifs is 1. The van der Waals surface area contributed by atoms with Crippen LogP contribution < -0.4 is 9.64 Å². The maximum Gasteiger partial charge on any atom is 0.186 e. The van der Waals surface area contributed by atoms with E-state index in [2.05, 4.69) is 9.88 Å². The summed E-state index contributed by atoms with van der Waals surface area (Å²) in [4.78, 5) is 6.65. The first-order chi connectivity index (χ1) is 8.79. The largest absolute Gasteiger partial charge is 0.491 e. The molecule has 0 atom stereocenters. The van der Waals surface area contributed by atoms with Crippen molar-refractivity contribution >= 4 is 26.7 Å². The maximum absolute atomic E-state index is 13.6. The predicted octanol–water partition coefficient (Wildman–Crippen LogP) is 2.28. The summed E-state index contributed by atoms with van der Waals surface area (Å²) in [5.41, 5.74) is 0.601. The zero-order chi connectivity index (χ0) is 12.5. The number of methoxy groups -OCH3 is 1. The molecule has 96 valence electrons. The van der Waals surface area contributed by atoms with Crippen molar-refractivity contribution in [1.29, 1.82) is 0 Å². The number of rotatable bonds is 2. The van der Waals surface area contributed by atoms with E-state index in [0.29, 0.717) is 18.7 Å². The number of hydrogen-bond acceptors (Lipinski definition) is 5. The molecule has 18 heavy (non-hydrogen) atoms. The third-order valence-corrected chi connectivity index (χ3v) is 4.02. The summed E-state index contributed by atoms with van der Waals surface area (Å²) in [6.45, 7) is 3.07. The highest BCUT2D eigenvalue weighted by atomic mass is 32.1. The van der Waals surface area contributed by atoms with Gasteiger partial charge >= 0.3 is 0 Å². The van der Waals surface area contributed by atoms with Crippen LogP contribution in [0.5, 0.6) is 5.75 Å². The number of morpholine rings is 1. The first-order valence-electron chi connectivity index (χ1n) is 5.75. The number of nitrogens with zero attached hydrogens (tertiary/aromatic N) is 2. The molecule has 2 aromatic rings. The van der Waals surface area contributed by atoms with Gasteiger partial charge in [0.2, 0.25) is 0 Å². The lowest BCUT2D eigenvalue weighted by atomic mass is 10.3. The number of benzene rings is 1. The highest BCUT2D eigenvalue weighted by Crippen LogP contribution is 2.35. The number of anilines is 1. The fourth-order valence-corrected chi connectivity index (χ4v) is 3.03. The van der Waals surface area contributed by atoms with Gasteiger partial charge in [-0.05, 0) is 12.1 Å². The lowest BCUT2D eigenvalue weighted by Crippen LogP contribution is -2.36. The Morgan fingerprint density at radius 2 is 2.17 bits per heavy atom. The van der Waals surface area contributed by atoms with Gasteiger partial charge in [-0.3, -0.25) is 0 Å². The van der Waals surface area contributed by atoms with E-state index in [1.165, 1.54) is 13.2 Å². The topological polar surface area (TPSA) is 34.6 Å². The molecular formula is C12H13FN2O2S. The van der Waals surface area contributed by atoms with E-state index in [0.717, 1.165) is 22.9 Å². The van der Waals surface area contributed by atoms with Crippen molar-refractivity contribution in [2.24, 2.45) is 0 Å². The van der Waals surface area contributed by atoms with E-state index in [-0.39, 0.29) is 11.6 Å². The van der Waals surface area contributed by atoms with Gasteiger partial charge in [0.15, 0.2) is 16.7 Å². The molecule has 1 aromatic heterocycles. The zero-order valence-corrected chi connectivity index (χ0v) is 10.8. The normalized spacial score (nSPS) is 16.2. The molecule has 1 fully saturated rings. The lowest BCUT2D eigenvalue weighted by molar-refractivity contribution is 0.122. The van der Waals surface area contributed by atoms with Gasteiger partial charge in [0, 0.05) is 13.1 Å². The van der Waals surface area contributed by atoms with Crippen LogP contribution in [0.3, 0.4) is 0 Å². The van der Waals surface area contributed by atoms with Gasteiger partial charge in [-0.15, -0.1) is 0 Å². The molecule has 0 unspecified atom stereocenters. The van der Waals surface area contributed by atoms with Gasteiger partial charge in [0.05, 0.1) is 25.0 Å². The molecular weight excluding hydrogens is 255 g/mol. The van der Waals surface area contributed by atoms with Crippen LogP contribution in [-0.2, 0) is 4.74 Å². The van der Waals surface area contributed by atoms with E-state index in [1.807, 2.05) is 0 Å². The van der Waals surface area contributed by atoms with Gasteiger partial charge in [-0.2, -0.15) is 0 Å². The van der Waals surface area contributed by atoms with Gasteiger partial charge in [-0.25, -0.2) is 9.37 Å². The Bertz CT molecular complexity index is 566.